The summed E-state index contributed by atoms with van der Waals surface area (Å²) in [6.45, 7) is 15.1. The zero-order valence-corrected chi connectivity index (χ0v) is 22.2. The number of anilines is 1. The number of ether oxygens (including phenoxy) is 1. The average Bonchev–Trinajstić information content (AvgIpc) is 2.70. The Kier molecular flexibility index (Phi) is 9.12. The van der Waals surface area contributed by atoms with Crippen molar-refractivity contribution in [2.24, 2.45) is 21.6 Å². The van der Waals surface area contributed by atoms with E-state index in [1.807, 2.05) is 26.8 Å². The molecule has 34 heavy (non-hydrogen) atoms. The van der Waals surface area contributed by atoms with Gasteiger partial charge in [-0.15, -0.1) is 10.2 Å². The summed E-state index contributed by atoms with van der Waals surface area (Å²) in [5.74, 6) is 0.122. The molecule has 0 aliphatic heterocycles. The maximum Gasteiger partial charge on any atom is 0.306 e. The number of azo groups is 1. The van der Waals surface area contributed by atoms with Crippen LogP contribution in [-0.4, -0.2) is 17.7 Å². The van der Waals surface area contributed by atoms with Crippen LogP contribution in [0, 0.1) is 11.3 Å². The predicted octanol–water partition coefficient (Wildman–Crippen LogP) is 7.89. The smallest absolute Gasteiger partial charge is 0.306 e. The number of nitrogens with zero attached hydrogens (tertiary/aromatic N) is 2. The number of esters is 1. The van der Waals surface area contributed by atoms with Crippen molar-refractivity contribution in [2.75, 3.05) is 12.3 Å². The predicted molar refractivity (Wildman–Crippen MR) is 139 cm³/mol. The Labute approximate surface area is 208 Å². The normalized spacial score (nSPS) is 13.3. The van der Waals surface area contributed by atoms with Crippen LogP contribution in [0.5, 0.6) is 5.75 Å². The second kappa shape index (κ2) is 11.2. The fourth-order valence-corrected chi connectivity index (χ4v) is 4.01. The summed E-state index contributed by atoms with van der Waals surface area (Å²) in [7, 11) is 0. The van der Waals surface area contributed by atoms with Crippen LogP contribution in [0.15, 0.2) is 40.6 Å². The summed E-state index contributed by atoms with van der Waals surface area (Å²) < 4.78 is 5.50. The number of phenolic OH excluding ortho intramolecular Hbond substituents is 1. The molecule has 0 amide bonds. The van der Waals surface area contributed by atoms with Gasteiger partial charge in [-0.1, -0.05) is 66.1 Å². The van der Waals surface area contributed by atoms with Crippen LogP contribution in [0.4, 0.5) is 17.1 Å². The van der Waals surface area contributed by atoms with Crippen LogP contribution in [0.2, 0.25) is 5.02 Å². The standard InChI is InChI=1S/C27H38ClN3O3/c1-17(15-26(2,3)4)16-34-24(32)11-8-18-12-20(27(5,6)7)25(33)23(13-18)31-30-22-14-19(28)9-10-21(22)29/h9-10,12-14,17,33H,8,11,15-16,29H2,1-7H3. The molecule has 0 aliphatic rings. The molecular formula is C27H38ClN3O3. The van der Waals surface area contributed by atoms with Gasteiger partial charge >= 0.3 is 5.97 Å². The molecule has 6 nitrogen and oxygen atoms in total. The third-order valence-electron chi connectivity index (χ3n) is 5.32. The zero-order valence-electron chi connectivity index (χ0n) is 21.4. The number of hydrogen-bond donors (Lipinski definition) is 2. The third kappa shape index (κ3) is 8.64. The Morgan fingerprint density at radius 1 is 1.09 bits per heavy atom. The summed E-state index contributed by atoms with van der Waals surface area (Å²) >= 11 is 6.04. The fourth-order valence-electron chi connectivity index (χ4n) is 3.84. The van der Waals surface area contributed by atoms with E-state index in [0.717, 1.165) is 17.5 Å². The molecule has 3 N–H and O–H groups in total. The Morgan fingerprint density at radius 2 is 1.74 bits per heavy atom. The molecule has 7 heteroatoms. The van der Waals surface area contributed by atoms with Crippen molar-refractivity contribution in [3.8, 4) is 5.75 Å². The fraction of sp³-hybridized carbons (Fsp3) is 0.519. The van der Waals surface area contributed by atoms with E-state index in [4.69, 9.17) is 22.1 Å². The van der Waals surface area contributed by atoms with Gasteiger partial charge in [0.05, 0.1) is 12.3 Å². The first kappa shape index (κ1) is 27.6. The van der Waals surface area contributed by atoms with Crippen molar-refractivity contribution in [3.05, 3.63) is 46.5 Å². The van der Waals surface area contributed by atoms with Gasteiger partial charge in [-0.3, -0.25) is 4.79 Å². The highest BCUT2D eigenvalue weighted by atomic mass is 35.5. The largest absolute Gasteiger partial charge is 0.505 e. The highest BCUT2D eigenvalue weighted by Gasteiger charge is 2.22. The number of carbonyl (C=O) groups is 1. The second-order valence-corrected chi connectivity index (χ2v) is 11.7. The van der Waals surface area contributed by atoms with Crippen LogP contribution in [0.25, 0.3) is 0 Å². The van der Waals surface area contributed by atoms with Gasteiger partial charge in [-0.25, -0.2) is 0 Å². The minimum atomic E-state index is -0.331. The number of carbonyl (C=O) groups excluding carboxylic acids is 1. The van der Waals surface area contributed by atoms with E-state index in [1.165, 1.54) is 0 Å². The summed E-state index contributed by atoms with van der Waals surface area (Å²) in [5.41, 5.74) is 8.59. The molecule has 0 aromatic heterocycles. The first-order chi connectivity index (χ1) is 15.7. The Morgan fingerprint density at radius 3 is 2.35 bits per heavy atom. The third-order valence-corrected chi connectivity index (χ3v) is 5.56. The maximum absolute atomic E-state index is 12.4. The lowest BCUT2D eigenvalue weighted by molar-refractivity contribution is -0.145. The molecule has 0 radical (unpaired) electrons. The van der Waals surface area contributed by atoms with E-state index in [1.54, 1.807) is 24.3 Å². The van der Waals surface area contributed by atoms with E-state index in [-0.39, 0.29) is 29.0 Å². The molecule has 0 bridgehead atoms. The summed E-state index contributed by atoms with van der Waals surface area (Å²) in [4.78, 5) is 12.4. The number of nitrogens with two attached hydrogens (primary N) is 1. The van der Waals surface area contributed by atoms with Crippen molar-refractivity contribution in [2.45, 2.75) is 73.1 Å². The molecule has 186 valence electrons. The van der Waals surface area contributed by atoms with Crippen molar-refractivity contribution in [3.63, 3.8) is 0 Å². The Balaban J connectivity index is 2.19. The lowest BCUT2D eigenvalue weighted by atomic mass is 9.84. The number of phenols is 1. The van der Waals surface area contributed by atoms with Crippen LogP contribution in [-0.2, 0) is 21.4 Å². The van der Waals surface area contributed by atoms with E-state index in [2.05, 4.69) is 37.9 Å². The second-order valence-electron chi connectivity index (χ2n) is 11.2. The van der Waals surface area contributed by atoms with Crippen LogP contribution >= 0.6 is 11.6 Å². The minimum absolute atomic E-state index is 0.0548. The molecule has 0 saturated carbocycles. The number of nitrogen functional groups attached to an aromatic ring is 1. The molecule has 2 rings (SSSR count). The molecule has 2 aromatic carbocycles. The van der Waals surface area contributed by atoms with Gasteiger partial charge < -0.3 is 15.6 Å². The number of hydrogen-bond acceptors (Lipinski definition) is 6. The van der Waals surface area contributed by atoms with Gasteiger partial charge in [0, 0.05) is 17.0 Å². The van der Waals surface area contributed by atoms with Crippen LogP contribution < -0.4 is 5.73 Å². The summed E-state index contributed by atoms with van der Waals surface area (Å²) in [6, 6.07) is 8.60. The molecule has 0 aliphatic carbocycles. The van der Waals surface area contributed by atoms with E-state index in [9.17, 15) is 9.90 Å². The quantitative estimate of drug-likeness (QED) is 0.224. The zero-order chi connectivity index (χ0) is 25.7. The van der Waals surface area contributed by atoms with Gasteiger partial charge in [-0.05, 0) is 59.4 Å². The minimum Gasteiger partial charge on any atom is -0.505 e. The number of aromatic hydroxyl groups is 1. The number of benzene rings is 2. The first-order valence-electron chi connectivity index (χ1n) is 11.6. The van der Waals surface area contributed by atoms with Gasteiger partial charge in [0.15, 0.2) is 0 Å². The Bertz CT molecular complexity index is 1040. The summed E-state index contributed by atoms with van der Waals surface area (Å²) in [5, 5.41) is 19.8. The monoisotopic (exact) mass is 487 g/mol. The van der Waals surface area contributed by atoms with Gasteiger partial charge in [0.1, 0.15) is 17.1 Å². The SMILES string of the molecule is CC(COC(=O)CCc1cc(N=Nc2cc(Cl)ccc2N)c(O)c(C(C)(C)C)c1)CC(C)(C)C. The van der Waals surface area contributed by atoms with Gasteiger partial charge in [-0.2, -0.15) is 0 Å². The van der Waals surface area contributed by atoms with E-state index in [0.29, 0.717) is 41.0 Å². The number of aryl methyl sites for hydroxylation is 1. The average molecular weight is 488 g/mol. The van der Waals surface area contributed by atoms with Crippen molar-refractivity contribution in [1.82, 2.24) is 0 Å². The van der Waals surface area contributed by atoms with E-state index < -0.39 is 0 Å². The Hall–Kier alpha value is -2.60. The van der Waals surface area contributed by atoms with Crippen molar-refractivity contribution >= 4 is 34.6 Å². The highest BCUT2D eigenvalue weighted by molar-refractivity contribution is 6.31. The van der Waals surface area contributed by atoms with E-state index >= 15 is 0 Å². The van der Waals surface area contributed by atoms with Crippen molar-refractivity contribution < 1.29 is 14.6 Å². The molecule has 2 aromatic rings. The highest BCUT2D eigenvalue weighted by Crippen LogP contribution is 2.40. The number of rotatable bonds is 8. The number of halogens is 1. The van der Waals surface area contributed by atoms with Gasteiger partial charge in [0.2, 0.25) is 0 Å². The molecule has 0 spiro atoms. The molecule has 0 fully saturated rings. The van der Waals surface area contributed by atoms with Crippen molar-refractivity contribution in [1.29, 1.82) is 0 Å². The first-order valence-corrected chi connectivity index (χ1v) is 12.0. The molecule has 0 heterocycles. The summed E-state index contributed by atoms with van der Waals surface area (Å²) in [6.07, 6.45) is 1.70. The lowest BCUT2D eigenvalue weighted by Gasteiger charge is -2.23. The topological polar surface area (TPSA) is 97.3 Å². The van der Waals surface area contributed by atoms with Crippen LogP contribution in [0.3, 0.4) is 0 Å². The van der Waals surface area contributed by atoms with Crippen LogP contribution in [0.1, 0.15) is 72.4 Å². The molecular weight excluding hydrogens is 450 g/mol. The molecule has 0 saturated heterocycles. The van der Waals surface area contributed by atoms with Gasteiger partial charge in [0.25, 0.3) is 0 Å². The lowest BCUT2D eigenvalue weighted by Crippen LogP contribution is -2.18. The molecule has 1 atom stereocenters. The maximum atomic E-state index is 12.4. The molecule has 1 unspecified atom stereocenters.